The van der Waals surface area contributed by atoms with Crippen molar-refractivity contribution in [1.82, 2.24) is 15.0 Å². The average molecular weight is 710 g/mol. The molecule has 0 amide bonds. The highest BCUT2D eigenvalue weighted by Gasteiger charge is 2.20. The Labute approximate surface area is 305 Å². The Bertz CT molecular complexity index is 1750. The molecule has 0 spiro atoms. The first-order valence-electron chi connectivity index (χ1n) is 17.5. The van der Waals surface area contributed by atoms with E-state index in [1.165, 1.54) is 12.1 Å². The maximum absolute atomic E-state index is 12.0. The van der Waals surface area contributed by atoms with E-state index in [0.717, 1.165) is 25.7 Å². The highest BCUT2D eigenvalue weighted by molar-refractivity contribution is 5.87. The van der Waals surface area contributed by atoms with Gasteiger partial charge in [0, 0.05) is 28.8 Å². The average Bonchev–Trinajstić information content (AvgIpc) is 3.13. The van der Waals surface area contributed by atoms with Crippen molar-refractivity contribution in [3.05, 3.63) is 91.0 Å². The molecule has 0 bridgehead atoms. The van der Waals surface area contributed by atoms with Crippen LogP contribution in [0.2, 0.25) is 0 Å². The number of rotatable bonds is 19. The van der Waals surface area contributed by atoms with Crippen LogP contribution in [0.5, 0.6) is 23.0 Å². The van der Waals surface area contributed by atoms with E-state index in [0.29, 0.717) is 58.0 Å². The van der Waals surface area contributed by atoms with Gasteiger partial charge in [-0.15, -0.1) is 0 Å². The molecule has 0 aliphatic carbocycles. The summed E-state index contributed by atoms with van der Waals surface area (Å²) in [7, 11) is 0. The Hall–Kier alpha value is -5.71. The van der Waals surface area contributed by atoms with Gasteiger partial charge in [0.2, 0.25) is 0 Å². The number of hydrogen-bond acceptors (Lipinski definition) is 11. The van der Waals surface area contributed by atoms with Crippen LogP contribution < -0.4 is 9.47 Å². The van der Waals surface area contributed by atoms with Gasteiger partial charge in [-0.25, -0.2) is 24.5 Å². The van der Waals surface area contributed by atoms with Crippen LogP contribution in [0.1, 0.15) is 66.2 Å². The lowest BCUT2D eigenvalue weighted by atomic mass is 10.1. The molecule has 11 heteroatoms. The van der Waals surface area contributed by atoms with Gasteiger partial charge in [-0.3, -0.25) is 0 Å². The number of benzene rings is 3. The molecule has 274 valence electrons. The minimum atomic E-state index is -0.492. The van der Waals surface area contributed by atoms with Crippen LogP contribution in [0.15, 0.2) is 91.0 Å². The number of phenols is 2. The number of carbonyl (C=O) groups is 2. The van der Waals surface area contributed by atoms with Gasteiger partial charge in [0.15, 0.2) is 17.5 Å². The first kappa shape index (κ1) is 39.1. The summed E-state index contributed by atoms with van der Waals surface area (Å²) in [6.07, 6.45) is 4.03. The second-order valence-corrected chi connectivity index (χ2v) is 12.6. The van der Waals surface area contributed by atoms with E-state index in [1.807, 2.05) is 30.3 Å². The fraction of sp³-hybridized carbons (Fsp3) is 0.341. The zero-order chi connectivity index (χ0) is 37.6. The summed E-state index contributed by atoms with van der Waals surface area (Å²) in [5.74, 6) is 0.174. The van der Waals surface area contributed by atoms with E-state index in [1.54, 1.807) is 38.1 Å². The number of ether oxygens (including phenoxy) is 4. The summed E-state index contributed by atoms with van der Waals surface area (Å²) < 4.78 is 22.9. The van der Waals surface area contributed by atoms with Crippen molar-refractivity contribution in [2.24, 2.45) is 0 Å². The van der Waals surface area contributed by atoms with Crippen molar-refractivity contribution in [3.63, 3.8) is 0 Å². The predicted molar refractivity (Wildman–Crippen MR) is 199 cm³/mol. The smallest absolute Gasteiger partial charge is 0.333 e. The molecule has 0 saturated carbocycles. The first-order valence-corrected chi connectivity index (χ1v) is 17.5. The number of phenolic OH excluding ortho intramolecular Hbond substituents is 2. The summed E-state index contributed by atoms with van der Waals surface area (Å²) in [4.78, 5) is 38.0. The minimum Gasteiger partial charge on any atom is -0.507 e. The standard InChI is InChI=1S/C41H47N3O8/c1-7-9-16-31(24-49-40(47)26(3)4)51-29-18-20-33(35(45)22-29)38-42-37(28-14-12-11-13-15-28)43-39(44-38)34-21-19-30(23-36(34)46)52-32(17-10-8-2)25-50-41(48)27(5)6/h11-15,18-23,31-32,45-46H,3,5,7-10,16-17,24-25H2,1-2,4,6H3. The lowest BCUT2D eigenvalue weighted by molar-refractivity contribution is -0.142. The van der Waals surface area contributed by atoms with Crippen molar-refractivity contribution in [1.29, 1.82) is 0 Å². The van der Waals surface area contributed by atoms with Crippen molar-refractivity contribution < 1.29 is 38.7 Å². The van der Waals surface area contributed by atoms with Crippen LogP contribution in [0, 0.1) is 0 Å². The SMILES string of the molecule is C=C(C)C(=O)OCC(CCCC)Oc1ccc(-c2nc(-c3ccccc3)nc(-c3ccc(OC(CCCC)COC(=O)C(=C)C)cc3O)n2)c(O)c1. The Morgan fingerprint density at radius 3 is 1.46 bits per heavy atom. The molecule has 1 aromatic heterocycles. The van der Waals surface area contributed by atoms with Gasteiger partial charge in [0.05, 0.1) is 11.1 Å². The summed E-state index contributed by atoms with van der Waals surface area (Å²) in [5, 5.41) is 22.4. The van der Waals surface area contributed by atoms with E-state index < -0.39 is 24.1 Å². The molecule has 2 unspecified atom stereocenters. The van der Waals surface area contributed by atoms with Gasteiger partial charge in [-0.2, -0.15) is 0 Å². The molecule has 1 heterocycles. The zero-order valence-electron chi connectivity index (χ0n) is 30.3. The maximum atomic E-state index is 12.0. The van der Waals surface area contributed by atoms with Crippen LogP contribution in [-0.4, -0.2) is 62.5 Å². The number of aromatic hydroxyl groups is 2. The lowest BCUT2D eigenvalue weighted by Crippen LogP contribution is -2.25. The molecule has 4 aromatic rings. The van der Waals surface area contributed by atoms with Gasteiger partial charge >= 0.3 is 11.9 Å². The van der Waals surface area contributed by atoms with Crippen molar-refractivity contribution in [2.45, 2.75) is 78.4 Å². The van der Waals surface area contributed by atoms with Gasteiger partial charge in [-0.05, 0) is 63.8 Å². The van der Waals surface area contributed by atoms with E-state index in [2.05, 4.69) is 42.0 Å². The molecule has 0 saturated heterocycles. The Kier molecular flexibility index (Phi) is 14.3. The monoisotopic (exact) mass is 709 g/mol. The van der Waals surface area contributed by atoms with Crippen molar-refractivity contribution in [3.8, 4) is 57.2 Å². The second kappa shape index (κ2) is 19.1. The van der Waals surface area contributed by atoms with E-state index in [-0.39, 0.29) is 36.4 Å². The van der Waals surface area contributed by atoms with Gasteiger partial charge in [-0.1, -0.05) is 70.2 Å². The third kappa shape index (κ3) is 11.1. The molecular weight excluding hydrogens is 662 g/mol. The third-order valence-corrected chi connectivity index (χ3v) is 7.95. The molecule has 52 heavy (non-hydrogen) atoms. The Morgan fingerprint density at radius 2 is 1.08 bits per heavy atom. The number of hydrogen-bond donors (Lipinski definition) is 2. The van der Waals surface area contributed by atoms with Crippen LogP contribution in [0.3, 0.4) is 0 Å². The van der Waals surface area contributed by atoms with E-state index in [4.69, 9.17) is 18.9 Å². The summed E-state index contributed by atoms with van der Waals surface area (Å²) in [6, 6.07) is 18.9. The van der Waals surface area contributed by atoms with Crippen LogP contribution in [-0.2, 0) is 19.1 Å². The normalized spacial score (nSPS) is 12.0. The largest absolute Gasteiger partial charge is 0.507 e. The fourth-order valence-electron chi connectivity index (χ4n) is 5.07. The van der Waals surface area contributed by atoms with E-state index in [9.17, 15) is 19.8 Å². The predicted octanol–water partition coefficient (Wildman–Crippen LogP) is 8.40. The zero-order valence-corrected chi connectivity index (χ0v) is 30.3. The number of unbranched alkanes of at least 4 members (excludes halogenated alkanes) is 2. The second-order valence-electron chi connectivity index (χ2n) is 12.6. The Morgan fingerprint density at radius 1 is 0.654 bits per heavy atom. The summed E-state index contributed by atoms with van der Waals surface area (Å²) >= 11 is 0. The molecule has 2 atom stereocenters. The molecule has 3 aromatic carbocycles. The molecule has 0 fully saturated rings. The van der Waals surface area contributed by atoms with E-state index >= 15 is 0 Å². The molecule has 0 radical (unpaired) electrons. The fourth-order valence-corrected chi connectivity index (χ4v) is 5.07. The molecule has 11 nitrogen and oxygen atoms in total. The van der Waals surface area contributed by atoms with Crippen LogP contribution in [0.4, 0.5) is 0 Å². The van der Waals surface area contributed by atoms with Gasteiger partial charge in [0.1, 0.15) is 48.4 Å². The lowest BCUT2D eigenvalue weighted by Gasteiger charge is -2.20. The van der Waals surface area contributed by atoms with Gasteiger partial charge < -0.3 is 29.2 Å². The van der Waals surface area contributed by atoms with Gasteiger partial charge in [0.25, 0.3) is 0 Å². The molecule has 2 N–H and O–H groups in total. The quantitative estimate of drug-likeness (QED) is 0.0714. The third-order valence-electron chi connectivity index (χ3n) is 7.95. The number of carbonyl (C=O) groups excluding carboxylic acids is 2. The summed E-state index contributed by atoms with van der Waals surface area (Å²) in [5.41, 5.74) is 1.94. The molecule has 0 aliphatic rings. The minimum absolute atomic E-state index is 0.0423. The molecule has 0 aliphatic heterocycles. The van der Waals surface area contributed by atoms with Crippen LogP contribution in [0.25, 0.3) is 34.2 Å². The Balaban J connectivity index is 1.64. The van der Waals surface area contributed by atoms with Crippen molar-refractivity contribution in [2.75, 3.05) is 13.2 Å². The number of aromatic nitrogens is 3. The van der Waals surface area contributed by atoms with Crippen molar-refractivity contribution >= 4 is 11.9 Å². The first-order chi connectivity index (χ1) is 25.0. The highest BCUT2D eigenvalue weighted by atomic mass is 16.6. The number of esters is 2. The topological polar surface area (TPSA) is 150 Å². The highest BCUT2D eigenvalue weighted by Crippen LogP contribution is 2.36. The van der Waals surface area contributed by atoms with Crippen LogP contribution >= 0.6 is 0 Å². The molecule has 4 rings (SSSR count). The maximum Gasteiger partial charge on any atom is 0.333 e. The summed E-state index contributed by atoms with van der Waals surface area (Å²) in [6.45, 7) is 14.6. The molecular formula is C41H47N3O8. The number of nitrogens with zero attached hydrogens (tertiary/aromatic N) is 3.